The summed E-state index contributed by atoms with van der Waals surface area (Å²) in [7, 11) is 0. The SMILES string of the molecule is CCC[C@]1(O)CC[C@@H]2[C@@H]3CC[C@@H]4CC(=O)[C@H](C)C[C@]4(C)[C@H]3CC[C@@]21C. The van der Waals surface area contributed by atoms with Crippen molar-refractivity contribution in [3.8, 4) is 0 Å². The second kappa shape index (κ2) is 5.81. The van der Waals surface area contributed by atoms with E-state index in [9.17, 15) is 9.90 Å². The van der Waals surface area contributed by atoms with Gasteiger partial charge < -0.3 is 5.11 Å². The van der Waals surface area contributed by atoms with Crippen molar-refractivity contribution in [2.24, 2.45) is 40.4 Å². The number of carbonyl (C=O) groups is 1. The molecule has 142 valence electrons. The molecule has 4 aliphatic rings. The Labute approximate surface area is 154 Å². The first-order valence-corrected chi connectivity index (χ1v) is 11.0. The van der Waals surface area contributed by atoms with Gasteiger partial charge in [0, 0.05) is 12.3 Å². The summed E-state index contributed by atoms with van der Waals surface area (Å²) < 4.78 is 0. The molecule has 0 spiro atoms. The predicted molar refractivity (Wildman–Crippen MR) is 101 cm³/mol. The van der Waals surface area contributed by atoms with Crippen molar-refractivity contribution in [1.29, 1.82) is 0 Å². The first-order valence-electron chi connectivity index (χ1n) is 11.0. The maximum Gasteiger partial charge on any atom is 0.136 e. The number of aliphatic hydroxyl groups is 1. The van der Waals surface area contributed by atoms with Crippen LogP contribution >= 0.6 is 0 Å². The first kappa shape index (κ1) is 18.0. The minimum absolute atomic E-state index is 0.128. The molecule has 1 N–H and O–H groups in total. The molecule has 0 aromatic heterocycles. The van der Waals surface area contributed by atoms with E-state index >= 15 is 0 Å². The Balaban J connectivity index is 1.63. The summed E-state index contributed by atoms with van der Waals surface area (Å²) in [5.74, 6) is 3.66. The van der Waals surface area contributed by atoms with Crippen molar-refractivity contribution in [3.63, 3.8) is 0 Å². The van der Waals surface area contributed by atoms with E-state index in [0.717, 1.165) is 43.9 Å². The lowest BCUT2D eigenvalue weighted by molar-refractivity contribution is -0.162. The fourth-order valence-electron chi connectivity index (χ4n) is 8.34. The van der Waals surface area contributed by atoms with Crippen LogP contribution in [0.5, 0.6) is 0 Å². The highest BCUT2D eigenvalue weighted by Gasteiger charge is 2.64. The highest BCUT2D eigenvalue weighted by Crippen LogP contribution is 2.68. The highest BCUT2D eigenvalue weighted by molar-refractivity contribution is 5.82. The minimum atomic E-state index is -0.426. The molecule has 0 aliphatic heterocycles. The van der Waals surface area contributed by atoms with Crippen molar-refractivity contribution >= 4 is 5.78 Å². The van der Waals surface area contributed by atoms with E-state index in [1.807, 2.05) is 0 Å². The van der Waals surface area contributed by atoms with Crippen LogP contribution in [0.15, 0.2) is 0 Å². The molecule has 0 bridgehead atoms. The van der Waals surface area contributed by atoms with Crippen molar-refractivity contribution in [1.82, 2.24) is 0 Å². The van der Waals surface area contributed by atoms with Crippen LogP contribution in [-0.4, -0.2) is 16.5 Å². The molecule has 4 aliphatic carbocycles. The number of carbonyl (C=O) groups excluding carboxylic acids is 1. The van der Waals surface area contributed by atoms with Crippen LogP contribution in [0, 0.1) is 40.4 Å². The summed E-state index contributed by atoms with van der Waals surface area (Å²) >= 11 is 0. The second-order valence-electron chi connectivity index (χ2n) is 10.7. The average molecular weight is 347 g/mol. The molecule has 4 rings (SSSR count). The Hall–Kier alpha value is -0.370. The topological polar surface area (TPSA) is 37.3 Å². The minimum Gasteiger partial charge on any atom is -0.389 e. The number of Topliss-reactive ketones (excluding diaryl/α,β-unsaturated/α-hetero) is 1. The van der Waals surface area contributed by atoms with Crippen LogP contribution in [0.4, 0.5) is 0 Å². The van der Waals surface area contributed by atoms with E-state index in [1.54, 1.807) is 0 Å². The van der Waals surface area contributed by atoms with Gasteiger partial charge in [0.25, 0.3) is 0 Å². The maximum absolute atomic E-state index is 12.3. The number of hydrogen-bond donors (Lipinski definition) is 1. The molecule has 0 saturated heterocycles. The van der Waals surface area contributed by atoms with E-state index in [0.29, 0.717) is 23.0 Å². The third-order valence-electron chi connectivity index (χ3n) is 9.79. The van der Waals surface area contributed by atoms with Gasteiger partial charge in [0.1, 0.15) is 5.78 Å². The van der Waals surface area contributed by atoms with Gasteiger partial charge in [0.15, 0.2) is 0 Å². The fraction of sp³-hybridized carbons (Fsp3) is 0.957. The predicted octanol–water partition coefficient (Wildman–Crippen LogP) is 5.38. The number of fused-ring (bicyclic) bond motifs is 5. The molecular weight excluding hydrogens is 308 g/mol. The lowest BCUT2D eigenvalue weighted by atomic mass is 9.43. The normalized spacial score (nSPS) is 55.4. The molecule has 2 nitrogen and oxygen atoms in total. The summed E-state index contributed by atoms with van der Waals surface area (Å²) in [4.78, 5) is 12.3. The molecule has 0 aromatic rings. The average Bonchev–Trinajstić information content (AvgIpc) is 2.81. The molecule has 0 amide bonds. The van der Waals surface area contributed by atoms with Crippen molar-refractivity contribution < 1.29 is 9.90 Å². The van der Waals surface area contributed by atoms with E-state index in [1.165, 1.54) is 32.1 Å². The first-order chi connectivity index (χ1) is 11.7. The van der Waals surface area contributed by atoms with E-state index in [2.05, 4.69) is 27.7 Å². The molecular formula is C23H38O2. The summed E-state index contributed by atoms with van der Waals surface area (Å²) in [6, 6.07) is 0. The number of rotatable bonds is 2. The summed E-state index contributed by atoms with van der Waals surface area (Å²) in [5, 5.41) is 11.5. The molecule has 4 saturated carbocycles. The van der Waals surface area contributed by atoms with Gasteiger partial charge in [-0.1, -0.05) is 34.1 Å². The molecule has 0 aromatic carbocycles. The van der Waals surface area contributed by atoms with E-state index in [-0.39, 0.29) is 11.3 Å². The van der Waals surface area contributed by atoms with Crippen molar-refractivity contribution in [3.05, 3.63) is 0 Å². The molecule has 4 fully saturated rings. The van der Waals surface area contributed by atoms with Gasteiger partial charge in [0.2, 0.25) is 0 Å². The molecule has 0 radical (unpaired) electrons. The number of ketones is 1. The molecule has 8 atom stereocenters. The molecule has 25 heavy (non-hydrogen) atoms. The van der Waals surface area contributed by atoms with Crippen LogP contribution in [0.3, 0.4) is 0 Å². The lowest BCUT2D eigenvalue weighted by Gasteiger charge is -2.61. The van der Waals surface area contributed by atoms with Crippen LogP contribution in [0.1, 0.15) is 91.9 Å². The Morgan fingerprint density at radius 1 is 1.08 bits per heavy atom. The quantitative estimate of drug-likeness (QED) is 0.729. The summed E-state index contributed by atoms with van der Waals surface area (Å²) in [5.41, 5.74) is 0.0669. The van der Waals surface area contributed by atoms with Gasteiger partial charge in [-0.2, -0.15) is 0 Å². The van der Waals surface area contributed by atoms with E-state index in [4.69, 9.17) is 0 Å². The van der Waals surface area contributed by atoms with Crippen LogP contribution in [0.25, 0.3) is 0 Å². The maximum atomic E-state index is 12.3. The number of hydrogen-bond acceptors (Lipinski definition) is 2. The highest BCUT2D eigenvalue weighted by atomic mass is 16.3. The van der Waals surface area contributed by atoms with Gasteiger partial charge in [-0.25, -0.2) is 0 Å². The third-order valence-corrected chi connectivity index (χ3v) is 9.79. The second-order valence-corrected chi connectivity index (χ2v) is 10.7. The molecule has 0 heterocycles. The Morgan fingerprint density at radius 3 is 2.52 bits per heavy atom. The van der Waals surface area contributed by atoms with Gasteiger partial charge in [-0.05, 0) is 85.9 Å². The zero-order valence-corrected chi connectivity index (χ0v) is 16.8. The smallest absolute Gasteiger partial charge is 0.136 e. The Morgan fingerprint density at radius 2 is 1.80 bits per heavy atom. The van der Waals surface area contributed by atoms with Crippen molar-refractivity contribution in [2.75, 3.05) is 0 Å². The van der Waals surface area contributed by atoms with Crippen molar-refractivity contribution in [2.45, 2.75) is 97.5 Å². The van der Waals surface area contributed by atoms with E-state index < -0.39 is 5.60 Å². The van der Waals surface area contributed by atoms with Crippen LogP contribution in [0.2, 0.25) is 0 Å². The van der Waals surface area contributed by atoms with Crippen LogP contribution < -0.4 is 0 Å². The zero-order valence-electron chi connectivity index (χ0n) is 16.8. The largest absolute Gasteiger partial charge is 0.389 e. The molecule has 0 unspecified atom stereocenters. The fourth-order valence-corrected chi connectivity index (χ4v) is 8.34. The summed E-state index contributed by atoms with van der Waals surface area (Å²) in [6.45, 7) is 9.31. The van der Waals surface area contributed by atoms with Gasteiger partial charge in [-0.3, -0.25) is 4.79 Å². The summed E-state index contributed by atoms with van der Waals surface area (Å²) in [6.07, 6.45) is 11.3. The van der Waals surface area contributed by atoms with Gasteiger partial charge >= 0.3 is 0 Å². The third kappa shape index (κ3) is 2.35. The van der Waals surface area contributed by atoms with Crippen LogP contribution in [-0.2, 0) is 4.79 Å². The standard InChI is InChI=1S/C23H38O2/c1-5-10-23(25)12-9-19-17-7-6-16-13-20(24)15(2)14-21(16,3)18(17)8-11-22(19,23)4/h15-19,25H,5-14H2,1-4H3/t15-,16-,17-,18+,19-,21+,22+,23+/m1/s1. The monoisotopic (exact) mass is 346 g/mol. The van der Waals surface area contributed by atoms with Gasteiger partial charge in [0.05, 0.1) is 5.60 Å². The Kier molecular flexibility index (Phi) is 4.19. The Bertz CT molecular complexity index is 556. The molecule has 2 heteroatoms. The lowest BCUT2D eigenvalue weighted by Crippen LogP contribution is -2.57. The van der Waals surface area contributed by atoms with Gasteiger partial charge in [-0.15, -0.1) is 0 Å². The zero-order chi connectivity index (χ0) is 18.0.